The molecule has 4 nitrogen and oxygen atoms in total. The van der Waals surface area contributed by atoms with Crippen LogP contribution in [0.5, 0.6) is 0 Å². The average molecular weight is 955 g/mol. The number of rotatable bonds is 32. The van der Waals surface area contributed by atoms with Gasteiger partial charge in [-0.25, -0.2) is 0 Å². The maximum absolute atomic E-state index is 13.9. The van der Waals surface area contributed by atoms with Crippen LogP contribution < -0.4 is 0 Å². The summed E-state index contributed by atoms with van der Waals surface area (Å²) in [6.45, 7) is 13.0. The number of hydrogen-bond acceptors (Lipinski definition) is 4. The van der Waals surface area contributed by atoms with Gasteiger partial charge in [-0.15, -0.1) is 0 Å². The summed E-state index contributed by atoms with van der Waals surface area (Å²) in [7, 11) is -5.75. The zero-order chi connectivity index (χ0) is 46.7. The van der Waals surface area contributed by atoms with Crippen LogP contribution in [0.4, 0.5) is 74.6 Å². The normalized spacial score (nSPS) is 14.2. The largest absolute Gasteiger partial charge is 0.460 e. The van der Waals surface area contributed by atoms with Crippen molar-refractivity contribution in [3.63, 3.8) is 0 Å². The Morgan fingerprint density at radius 3 is 0.867 bits per heavy atom. The van der Waals surface area contributed by atoms with Gasteiger partial charge in [-0.3, -0.25) is 0 Å². The second-order valence-electron chi connectivity index (χ2n) is 14.5. The van der Waals surface area contributed by atoms with Crippen LogP contribution in [0.1, 0.15) is 138 Å². The number of hydrogen-bond donors (Lipinski definition) is 0. The third-order valence-electron chi connectivity index (χ3n) is 9.46. The van der Waals surface area contributed by atoms with Crippen LogP contribution in [0.2, 0.25) is 25.2 Å². The van der Waals surface area contributed by atoms with E-state index in [9.17, 15) is 74.6 Å². The van der Waals surface area contributed by atoms with Crippen molar-refractivity contribution in [1.29, 1.82) is 0 Å². The van der Waals surface area contributed by atoms with Crippen LogP contribution >= 0.6 is 0 Å². The fourth-order valence-corrected chi connectivity index (χ4v) is 10.8. The molecule has 0 fully saturated rings. The van der Waals surface area contributed by atoms with Crippen molar-refractivity contribution in [2.24, 2.45) is 0 Å². The molecule has 0 unspecified atom stereocenters. The first-order valence-corrected chi connectivity index (χ1v) is 25.1. The minimum absolute atomic E-state index is 0. The summed E-state index contributed by atoms with van der Waals surface area (Å²) in [5, 5.41) is 0. The lowest BCUT2D eigenvalue weighted by Crippen LogP contribution is -2.74. The summed E-state index contributed by atoms with van der Waals surface area (Å²) in [5.74, 6) is -56.2. The van der Waals surface area contributed by atoms with Gasteiger partial charge in [0.1, 0.15) is 0 Å². The van der Waals surface area contributed by atoms with Crippen LogP contribution in [0.15, 0.2) is 0 Å². The minimum Gasteiger partial charge on any atom is -0.395 e. The highest BCUT2D eigenvalue weighted by molar-refractivity contribution is 6.66. The molecule has 0 spiro atoms. The van der Waals surface area contributed by atoms with Crippen molar-refractivity contribution in [2.75, 3.05) is 26.4 Å². The van der Waals surface area contributed by atoms with Gasteiger partial charge in [0.2, 0.25) is 0 Å². The van der Waals surface area contributed by atoms with E-state index in [-0.39, 0.29) is 20.6 Å². The molecule has 0 aromatic carbocycles. The molecule has 366 valence electrons. The maximum Gasteiger partial charge on any atom is 0.460 e. The van der Waals surface area contributed by atoms with E-state index >= 15 is 0 Å². The van der Waals surface area contributed by atoms with Gasteiger partial charge in [0.05, 0.1) is 0 Å². The van der Waals surface area contributed by atoms with E-state index < -0.39 is 77.2 Å². The lowest BCUT2D eigenvalue weighted by Gasteiger charge is -2.43. The molecular formula is C37H67F17O4Si2. The Morgan fingerprint density at radius 1 is 0.333 bits per heavy atom. The molecule has 0 aliphatic rings. The van der Waals surface area contributed by atoms with Crippen molar-refractivity contribution >= 4 is 17.1 Å². The summed E-state index contributed by atoms with van der Waals surface area (Å²) in [6.07, 6.45) is 9.51. The molecule has 0 N–H and O–H groups in total. The van der Waals surface area contributed by atoms with Crippen molar-refractivity contribution in [3.8, 4) is 0 Å². The smallest absolute Gasteiger partial charge is 0.395 e. The Kier molecular flexibility index (Phi) is 28.3. The molecule has 0 heterocycles. The fraction of sp³-hybridized carbons (Fsp3) is 1.00. The molecular weight excluding hydrogens is 888 g/mol. The first kappa shape index (κ1) is 63.4. The molecule has 0 amide bonds. The van der Waals surface area contributed by atoms with Crippen molar-refractivity contribution < 1.29 is 92.3 Å². The third kappa shape index (κ3) is 17.2. The molecule has 0 bridgehead atoms. The zero-order valence-corrected chi connectivity index (χ0v) is 36.9. The highest BCUT2D eigenvalue weighted by Crippen LogP contribution is 2.64. The topological polar surface area (TPSA) is 36.9 Å². The van der Waals surface area contributed by atoms with Crippen LogP contribution in [0.25, 0.3) is 0 Å². The van der Waals surface area contributed by atoms with Crippen LogP contribution in [0.3, 0.4) is 0 Å². The van der Waals surface area contributed by atoms with Crippen molar-refractivity contribution in [2.45, 2.75) is 211 Å². The van der Waals surface area contributed by atoms with Gasteiger partial charge in [-0.2, -0.15) is 74.6 Å². The van der Waals surface area contributed by atoms with Crippen LogP contribution in [0, 0.1) is 0 Å². The molecule has 0 saturated carbocycles. The summed E-state index contributed by atoms with van der Waals surface area (Å²) in [6, 6.07) is -0.218. The van der Waals surface area contributed by atoms with Gasteiger partial charge in [-0.05, 0) is 52.9 Å². The predicted molar refractivity (Wildman–Crippen MR) is 202 cm³/mol. The quantitative estimate of drug-likeness (QED) is 0.0382. The molecule has 0 aromatic rings. The van der Waals surface area contributed by atoms with Gasteiger partial charge in [-0.1, -0.05) is 104 Å². The second-order valence-corrected chi connectivity index (χ2v) is 21.2. The van der Waals surface area contributed by atoms with E-state index in [2.05, 4.69) is 27.3 Å². The second kappa shape index (κ2) is 26.8. The number of alkyl halides is 17. The van der Waals surface area contributed by atoms with E-state index in [4.69, 9.17) is 17.7 Å². The van der Waals surface area contributed by atoms with E-state index in [1.54, 1.807) is 0 Å². The lowest BCUT2D eigenvalue weighted by molar-refractivity contribution is -0.461. The molecule has 0 aliphatic carbocycles. The van der Waals surface area contributed by atoms with E-state index in [1.165, 1.54) is 104 Å². The van der Waals surface area contributed by atoms with Crippen molar-refractivity contribution in [3.05, 3.63) is 0 Å². The SMILES string of the molecule is C.CCCCCCCCCCCCCCCC[Si](C)(OCC)OCC.CCO[Si](C)(CCC(F)(F)C(F)(F)C(F)(F)C(F)(F)C(F)(F)C(F)(F)C(F)(F)C(F)(F)F)OCC. The van der Waals surface area contributed by atoms with Crippen LogP contribution in [-0.2, 0) is 17.7 Å². The van der Waals surface area contributed by atoms with E-state index in [0.29, 0.717) is 0 Å². The molecule has 0 saturated heterocycles. The zero-order valence-electron chi connectivity index (χ0n) is 34.9. The Balaban J connectivity index is -0.00000114. The number of halogens is 17. The van der Waals surface area contributed by atoms with Gasteiger partial charge >= 0.3 is 64.8 Å². The van der Waals surface area contributed by atoms with E-state index in [1.807, 2.05) is 0 Å². The highest BCUT2D eigenvalue weighted by Gasteiger charge is 2.95. The monoisotopic (exact) mass is 954 g/mol. The highest BCUT2D eigenvalue weighted by atomic mass is 28.4. The van der Waals surface area contributed by atoms with Gasteiger partial charge in [0, 0.05) is 32.8 Å². The van der Waals surface area contributed by atoms with Crippen molar-refractivity contribution in [1.82, 2.24) is 0 Å². The Bertz CT molecular complexity index is 1120. The van der Waals surface area contributed by atoms with Gasteiger partial charge in [0.15, 0.2) is 0 Å². The summed E-state index contributed by atoms with van der Waals surface area (Å²) < 4.78 is 247. The summed E-state index contributed by atoms with van der Waals surface area (Å²) in [4.78, 5) is 0. The Morgan fingerprint density at radius 2 is 0.583 bits per heavy atom. The van der Waals surface area contributed by atoms with Gasteiger partial charge in [0.25, 0.3) is 0 Å². The molecule has 60 heavy (non-hydrogen) atoms. The maximum atomic E-state index is 13.9. The Hall–Kier alpha value is -0.916. The molecule has 0 radical (unpaired) electrons. The van der Waals surface area contributed by atoms with Gasteiger partial charge < -0.3 is 17.7 Å². The Labute approximate surface area is 346 Å². The van der Waals surface area contributed by atoms with Crippen LogP contribution in [-0.4, -0.2) is 91.2 Å². The summed E-state index contributed by atoms with van der Waals surface area (Å²) in [5.41, 5.74) is 0. The first-order chi connectivity index (χ1) is 26.8. The fourth-order valence-electron chi connectivity index (χ4n) is 5.97. The first-order valence-electron chi connectivity index (χ1n) is 20.0. The number of unbranched alkanes of at least 4 members (excludes halogenated alkanes) is 13. The standard InChI is InChI=1S/C21H46O2Si.C15H17F17O2Si.CH4/c1-5-8-9-10-11-12-13-14-15-16-17-18-19-20-21-24(4,22-6-2)23-7-3;1-4-33-35(3,34-5-2)7-6-8(16,17)9(18,19)10(20,21)11(22,23)12(24,25)13(26,27)14(28,29)15(30,31)32;/h5-21H2,1-4H3;4-7H2,1-3H3;1H4. The molecule has 0 rings (SSSR count). The third-order valence-corrected chi connectivity index (χ3v) is 15.5. The molecule has 0 atom stereocenters. The predicted octanol–water partition coefficient (Wildman–Crippen LogP) is 15.8. The lowest BCUT2D eigenvalue weighted by atomic mass is 9.88. The molecule has 0 aliphatic heterocycles. The molecule has 0 aromatic heterocycles. The molecule has 23 heteroatoms. The summed E-state index contributed by atoms with van der Waals surface area (Å²) >= 11 is 0. The van der Waals surface area contributed by atoms with E-state index in [0.717, 1.165) is 25.8 Å². The average Bonchev–Trinajstić information content (AvgIpc) is 3.10. The minimum atomic E-state index is -8.62.